The molecule has 6 nitrogen and oxygen atoms in total. The Balaban J connectivity index is 1.55. The molecule has 0 radical (unpaired) electrons. The first-order valence-electron chi connectivity index (χ1n) is 7.02. The summed E-state index contributed by atoms with van der Waals surface area (Å²) < 4.78 is 1.89. The van der Waals surface area contributed by atoms with Crippen molar-refractivity contribution in [1.82, 2.24) is 24.3 Å². The minimum Gasteiger partial charge on any atom is -0.348 e. The summed E-state index contributed by atoms with van der Waals surface area (Å²) in [5.74, 6) is 1.28. The fourth-order valence-electron chi connectivity index (χ4n) is 2.88. The summed E-state index contributed by atoms with van der Waals surface area (Å²) in [6.45, 7) is 1.50. The second-order valence-electron chi connectivity index (χ2n) is 5.28. The predicted octanol–water partition coefficient (Wildman–Crippen LogP) is 2.14. The number of rotatable bonds is 2. The molecule has 3 aromatic rings. The van der Waals surface area contributed by atoms with Crippen molar-refractivity contribution in [3.8, 4) is 0 Å². The maximum Gasteiger partial charge on any atom is 0.274 e. The van der Waals surface area contributed by atoms with Crippen LogP contribution in [0.1, 0.15) is 35.1 Å². The number of piperidine rings is 1. The summed E-state index contributed by atoms with van der Waals surface area (Å²) in [7, 11) is 0. The van der Waals surface area contributed by atoms with Crippen molar-refractivity contribution in [3.05, 3.63) is 41.7 Å². The average Bonchev–Trinajstić information content (AvgIpc) is 3.22. The van der Waals surface area contributed by atoms with Crippen LogP contribution in [-0.2, 0) is 0 Å². The van der Waals surface area contributed by atoms with Gasteiger partial charge in [-0.25, -0.2) is 9.97 Å². The molecule has 4 heterocycles. The van der Waals surface area contributed by atoms with E-state index in [2.05, 4.69) is 15.0 Å². The van der Waals surface area contributed by atoms with Gasteiger partial charge in [-0.3, -0.25) is 9.20 Å². The van der Waals surface area contributed by atoms with Gasteiger partial charge in [0.15, 0.2) is 4.96 Å². The molecule has 4 rings (SSSR count). The molecular formula is C14H15N5OS. The SMILES string of the molecule is O=C(c1cn2ccsc2n1)N1CCC[C@@H](c2ncc[nH]2)C1. The third-order valence-corrected chi connectivity index (χ3v) is 4.70. The second-order valence-corrected chi connectivity index (χ2v) is 6.16. The van der Waals surface area contributed by atoms with Crippen molar-refractivity contribution in [2.75, 3.05) is 13.1 Å². The van der Waals surface area contributed by atoms with Gasteiger partial charge in [0.05, 0.1) is 0 Å². The van der Waals surface area contributed by atoms with Crippen molar-refractivity contribution < 1.29 is 4.79 Å². The number of carbonyl (C=O) groups excluding carboxylic acids is 1. The minimum atomic E-state index is 0.0159. The molecule has 0 aliphatic carbocycles. The monoisotopic (exact) mass is 301 g/mol. The molecule has 1 N–H and O–H groups in total. The van der Waals surface area contributed by atoms with Gasteiger partial charge in [-0.15, -0.1) is 11.3 Å². The lowest BCUT2D eigenvalue weighted by molar-refractivity contribution is 0.0699. The van der Waals surface area contributed by atoms with Gasteiger partial charge < -0.3 is 9.88 Å². The number of aromatic nitrogens is 4. The molecule has 0 unspecified atom stereocenters. The Hall–Kier alpha value is -2.15. The van der Waals surface area contributed by atoms with E-state index in [4.69, 9.17) is 0 Å². The quantitative estimate of drug-likeness (QED) is 0.788. The Kier molecular flexibility index (Phi) is 2.99. The molecule has 1 fully saturated rings. The lowest BCUT2D eigenvalue weighted by Crippen LogP contribution is -2.39. The first-order chi connectivity index (χ1) is 10.3. The normalized spacial score (nSPS) is 19.2. The molecule has 0 saturated carbocycles. The first kappa shape index (κ1) is 12.6. The zero-order valence-corrected chi connectivity index (χ0v) is 12.2. The molecule has 0 bridgehead atoms. The van der Waals surface area contributed by atoms with E-state index in [1.165, 1.54) is 11.3 Å². The van der Waals surface area contributed by atoms with E-state index in [1.807, 2.05) is 33.3 Å². The summed E-state index contributed by atoms with van der Waals surface area (Å²) in [6, 6.07) is 0. The third kappa shape index (κ3) is 2.23. The molecule has 1 amide bonds. The Morgan fingerprint density at radius 3 is 3.24 bits per heavy atom. The summed E-state index contributed by atoms with van der Waals surface area (Å²) in [6.07, 6.45) is 9.39. The second kappa shape index (κ2) is 5.00. The molecule has 1 aliphatic rings. The summed E-state index contributed by atoms with van der Waals surface area (Å²) in [4.78, 5) is 27.2. The molecule has 21 heavy (non-hydrogen) atoms. The highest BCUT2D eigenvalue weighted by molar-refractivity contribution is 7.15. The summed E-state index contributed by atoms with van der Waals surface area (Å²) in [5.41, 5.74) is 0.530. The van der Waals surface area contributed by atoms with E-state index < -0.39 is 0 Å². The van der Waals surface area contributed by atoms with E-state index in [0.29, 0.717) is 18.2 Å². The minimum absolute atomic E-state index is 0.0159. The van der Waals surface area contributed by atoms with Crippen molar-refractivity contribution in [2.24, 2.45) is 0 Å². The molecule has 1 atom stereocenters. The molecule has 3 aromatic heterocycles. The van der Waals surface area contributed by atoms with Gasteiger partial charge in [0, 0.05) is 49.2 Å². The predicted molar refractivity (Wildman–Crippen MR) is 79.5 cm³/mol. The number of H-pyrrole nitrogens is 1. The summed E-state index contributed by atoms with van der Waals surface area (Å²) in [5, 5.41) is 1.96. The molecule has 1 aliphatic heterocycles. The number of thiazole rings is 1. The highest BCUT2D eigenvalue weighted by atomic mass is 32.1. The van der Waals surface area contributed by atoms with Crippen LogP contribution in [0.15, 0.2) is 30.2 Å². The van der Waals surface area contributed by atoms with Crippen LogP contribution in [0.2, 0.25) is 0 Å². The molecule has 0 aromatic carbocycles. The fourth-order valence-corrected chi connectivity index (χ4v) is 3.58. The Labute approximate surface area is 125 Å². The van der Waals surface area contributed by atoms with Crippen LogP contribution in [0.25, 0.3) is 4.96 Å². The Bertz CT molecular complexity index is 731. The van der Waals surface area contributed by atoms with Gasteiger partial charge in [-0.1, -0.05) is 0 Å². The van der Waals surface area contributed by atoms with Crippen LogP contribution in [-0.4, -0.2) is 43.2 Å². The van der Waals surface area contributed by atoms with Gasteiger partial charge in [-0.2, -0.15) is 0 Å². The molecular weight excluding hydrogens is 286 g/mol. The van der Waals surface area contributed by atoms with Crippen molar-refractivity contribution in [2.45, 2.75) is 18.8 Å². The molecule has 1 saturated heterocycles. The maximum absolute atomic E-state index is 12.6. The average molecular weight is 301 g/mol. The number of carbonyl (C=O) groups is 1. The van der Waals surface area contributed by atoms with E-state index >= 15 is 0 Å². The van der Waals surface area contributed by atoms with Crippen LogP contribution >= 0.6 is 11.3 Å². The largest absolute Gasteiger partial charge is 0.348 e. The summed E-state index contributed by atoms with van der Waals surface area (Å²) >= 11 is 1.54. The maximum atomic E-state index is 12.6. The number of amides is 1. The van der Waals surface area contributed by atoms with Crippen molar-refractivity contribution >= 4 is 22.2 Å². The third-order valence-electron chi connectivity index (χ3n) is 3.93. The molecule has 108 valence electrons. The number of hydrogen-bond donors (Lipinski definition) is 1. The van der Waals surface area contributed by atoms with Crippen LogP contribution in [0.3, 0.4) is 0 Å². The van der Waals surface area contributed by atoms with Crippen molar-refractivity contribution in [1.29, 1.82) is 0 Å². The van der Waals surface area contributed by atoms with Crippen LogP contribution in [0.4, 0.5) is 0 Å². The number of fused-ring (bicyclic) bond motifs is 1. The highest BCUT2D eigenvalue weighted by Crippen LogP contribution is 2.25. The Morgan fingerprint density at radius 2 is 2.43 bits per heavy atom. The number of hydrogen-bond acceptors (Lipinski definition) is 4. The first-order valence-corrected chi connectivity index (χ1v) is 7.90. The van der Waals surface area contributed by atoms with Crippen LogP contribution < -0.4 is 0 Å². The highest BCUT2D eigenvalue weighted by Gasteiger charge is 2.28. The number of aromatic amines is 1. The lowest BCUT2D eigenvalue weighted by Gasteiger charge is -2.31. The zero-order valence-electron chi connectivity index (χ0n) is 11.4. The van der Waals surface area contributed by atoms with E-state index in [0.717, 1.165) is 30.2 Å². The van der Waals surface area contributed by atoms with Gasteiger partial charge in [-0.05, 0) is 12.8 Å². The lowest BCUT2D eigenvalue weighted by atomic mass is 9.97. The Morgan fingerprint density at radius 1 is 1.48 bits per heavy atom. The fraction of sp³-hybridized carbons (Fsp3) is 0.357. The number of nitrogens with zero attached hydrogens (tertiary/aromatic N) is 4. The smallest absolute Gasteiger partial charge is 0.274 e. The van der Waals surface area contributed by atoms with Crippen LogP contribution in [0, 0.1) is 0 Å². The standard InChI is InChI=1S/C14H15N5OS/c20-13(11-9-19-6-7-21-14(19)17-11)18-5-1-2-10(8-18)12-15-3-4-16-12/h3-4,6-7,9-10H,1-2,5,8H2,(H,15,16)/t10-/m1/s1. The van der Waals surface area contributed by atoms with E-state index in [9.17, 15) is 4.79 Å². The number of imidazole rings is 2. The van der Waals surface area contributed by atoms with Gasteiger partial charge in [0.25, 0.3) is 5.91 Å². The zero-order chi connectivity index (χ0) is 14.2. The van der Waals surface area contributed by atoms with E-state index in [-0.39, 0.29) is 5.91 Å². The van der Waals surface area contributed by atoms with Crippen LogP contribution in [0.5, 0.6) is 0 Å². The number of nitrogens with one attached hydrogen (secondary N) is 1. The van der Waals surface area contributed by atoms with Gasteiger partial charge >= 0.3 is 0 Å². The topological polar surface area (TPSA) is 66.3 Å². The van der Waals surface area contributed by atoms with Crippen molar-refractivity contribution in [3.63, 3.8) is 0 Å². The van der Waals surface area contributed by atoms with Gasteiger partial charge in [0.1, 0.15) is 11.5 Å². The molecule has 0 spiro atoms. The number of likely N-dealkylation sites (tertiary alicyclic amines) is 1. The van der Waals surface area contributed by atoms with E-state index in [1.54, 1.807) is 6.20 Å². The van der Waals surface area contributed by atoms with Gasteiger partial charge in [0.2, 0.25) is 0 Å². The molecule has 7 heteroatoms.